The van der Waals surface area contributed by atoms with Crippen molar-refractivity contribution in [1.29, 1.82) is 0 Å². The van der Waals surface area contributed by atoms with E-state index in [1.807, 2.05) is 36.4 Å². The minimum absolute atomic E-state index is 0.0405. The zero-order valence-electron chi connectivity index (χ0n) is 13.6. The number of benzene rings is 2. The molecule has 0 radical (unpaired) electrons. The molecule has 7 nitrogen and oxygen atoms in total. The molecule has 0 spiro atoms. The summed E-state index contributed by atoms with van der Waals surface area (Å²) in [5.41, 5.74) is 3.85. The van der Waals surface area contributed by atoms with E-state index in [9.17, 15) is 14.9 Å². The summed E-state index contributed by atoms with van der Waals surface area (Å²) in [4.78, 5) is 22.1. The Morgan fingerprint density at radius 1 is 1.28 bits per heavy atom. The van der Waals surface area contributed by atoms with Crippen LogP contribution in [0.3, 0.4) is 0 Å². The molecule has 128 valence electrons. The van der Waals surface area contributed by atoms with E-state index in [4.69, 9.17) is 4.74 Å². The average molecular weight is 339 g/mol. The molecule has 0 fully saturated rings. The lowest BCUT2D eigenvalue weighted by Gasteiger charge is -2.06. The first-order chi connectivity index (χ1) is 12.1. The number of nitrogens with one attached hydrogen (secondary N) is 1. The fourth-order valence-corrected chi connectivity index (χ4v) is 1.94. The van der Waals surface area contributed by atoms with Crippen LogP contribution in [0.15, 0.2) is 59.7 Å². The topological polar surface area (TPSA) is 93.8 Å². The lowest BCUT2D eigenvalue weighted by atomic mass is 10.2. The van der Waals surface area contributed by atoms with Crippen LogP contribution in [0.25, 0.3) is 6.08 Å². The largest absolute Gasteiger partial charge is 0.477 e. The average Bonchev–Trinajstić information content (AvgIpc) is 2.61. The van der Waals surface area contributed by atoms with Crippen molar-refractivity contribution >= 4 is 23.9 Å². The van der Waals surface area contributed by atoms with Crippen molar-refractivity contribution in [2.75, 3.05) is 6.61 Å². The second kappa shape index (κ2) is 8.97. The molecule has 0 bridgehead atoms. The summed E-state index contributed by atoms with van der Waals surface area (Å²) in [6.45, 7) is 1.37. The van der Waals surface area contributed by atoms with Crippen LogP contribution in [-0.2, 0) is 4.79 Å². The van der Waals surface area contributed by atoms with E-state index in [-0.39, 0.29) is 18.0 Å². The van der Waals surface area contributed by atoms with Gasteiger partial charge in [0.05, 0.1) is 4.92 Å². The fourth-order valence-electron chi connectivity index (χ4n) is 1.94. The van der Waals surface area contributed by atoms with E-state index < -0.39 is 10.8 Å². The van der Waals surface area contributed by atoms with E-state index >= 15 is 0 Å². The van der Waals surface area contributed by atoms with Crippen LogP contribution >= 0.6 is 0 Å². The van der Waals surface area contributed by atoms with Gasteiger partial charge in [-0.2, -0.15) is 5.10 Å². The number of hydrogen-bond acceptors (Lipinski definition) is 5. The van der Waals surface area contributed by atoms with Crippen molar-refractivity contribution in [3.8, 4) is 5.75 Å². The number of allylic oxidation sites excluding steroid dienone is 1. The zero-order chi connectivity index (χ0) is 18.1. The smallest absolute Gasteiger partial charge is 0.311 e. The summed E-state index contributed by atoms with van der Waals surface area (Å²) in [6, 6.07) is 14.2. The normalized spacial score (nSPS) is 10.9. The SMILES string of the molecule is Cc1ccc(OCC(=O)N/N=C\C=C\c2ccccc2)c([N+](=O)[O-])c1. The number of ether oxygens (including phenoxy) is 1. The van der Waals surface area contributed by atoms with Gasteiger partial charge in [-0.15, -0.1) is 0 Å². The number of aryl methyl sites for hydroxylation is 1. The highest BCUT2D eigenvalue weighted by Crippen LogP contribution is 2.27. The van der Waals surface area contributed by atoms with Crippen molar-refractivity contribution in [2.24, 2.45) is 5.10 Å². The van der Waals surface area contributed by atoms with Crippen molar-refractivity contribution in [2.45, 2.75) is 6.92 Å². The van der Waals surface area contributed by atoms with Gasteiger partial charge in [-0.05, 0) is 30.2 Å². The number of hydrogen-bond donors (Lipinski definition) is 1. The number of hydrazone groups is 1. The predicted molar refractivity (Wildman–Crippen MR) is 95.4 cm³/mol. The maximum atomic E-state index is 11.7. The van der Waals surface area contributed by atoms with Gasteiger partial charge >= 0.3 is 5.69 Å². The number of amides is 1. The second-order valence-electron chi connectivity index (χ2n) is 5.10. The van der Waals surface area contributed by atoms with Gasteiger partial charge in [0.15, 0.2) is 12.4 Å². The highest BCUT2D eigenvalue weighted by atomic mass is 16.6. The molecule has 0 aliphatic heterocycles. The van der Waals surface area contributed by atoms with Crippen LogP contribution in [0.2, 0.25) is 0 Å². The van der Waals surface area contributed by atoms with Crippen molar-refractivity contribution in [3.05, 3.63) is 75.8 Å². The fraction of sp³-hybridized carbons (Fsp3) is 0.111. The van der Waals surface area contributed by atoms with Gasteiger partial charge in [0.2, 0.25) is 0 Å². The molecular weight excluding hydrogens is 322 g/mol. The third-order valence-corrected chi connectivity index (χ3v) is 3.11. The standard InChI is InChI=1S/C18H17N3O4/c1-14-9-10-17(16(12-14)21(23)24)25-13-18(22)20-19-11-5-8-15-6-3-2-4-7-15/h2-12H,13H2,1H3,(H,20,22)/b8-5+,19-11-. The molecule has 0 unspecified atom stereocenters. The van der Waals surface area contributed by atoms with E-state index in [2.05, 4.69) is 10.5 Å². The Morgan fingerprint density at radius 2 is 2.04 bits per heavy atom. The Bertz CT molecular complexity index is 801. The van der Waals surface area contributed by atoms with E-state index in [0.29, 0.717) is 0 Å². The van der Waals surface area contributed by atoms with Gasteiger partial charge in [-0.1, -0.05) is 42.5 Å². The highest BCUT2D eigenvalue weighted by Gasteiger charge is 2.16. The molecule has 0 heterocycles. The summed E-state index contributed by atoms with van der Waals surface area (Å²) in [5, 5.41) is 14.7. The Labute approximate surface area is 144 Å². The predicted octanol–water partition coefficient (Wildman–Crippen LogP) is 3.10. The molecule has 1 N–H and O–H groups in total. The van der Waals surface area contributed by atoms with Gasteiger partial charge in [-0.3, -0.25) is 14.9 Å². The number of nitro groups is 1. The number of carbonyl (C=O) groups excluding carboxylic acids is 1. The van der Waals surface area contributed by atoms with Gasteiger partial charge in [-0.25, -0.2) is 5.43 Å². The second-order valence-corrected chi connectivity index (χ2v) is 5.10. The number of nitrogens with zero attached hydrogens (tertiary/aromatic N) is 2. The molecule has 0 aliphatic carbocycles. The van der Waals surface area contributed by atoms with Crippen LogP contribution in [0.5, 0.6) is 5.75 Å². The van der Waals surface area contributed by atoms with Crippen molar-refractivity contribution < 1.29 is 14.5 Å². The molecule has 2 rings (SSSR count). The molecule has 0 saturated carbocycles. The van der Waals surface area contributed by atoms with Crippen molar-refractivity contribution in [1.82, 2.24) is 5.43 Å². The van der Waals surface area contributed by atoms with Gasteiger partial charge in [0, 0.05) is 12.3 Å². The van der Waals surface area contributed by atoms with Crippen LogP contribution in [-0.4, -0.2) is 23.7 Å². The molecule has 2 aromatic rings. The Balaban J connectivity index is 1.82. The molecule has 0 saturated heterocycles. The summed E-state index contributed by atoms with van der Waals surface area (Å²) < 4.78 is 5.20. The Kier molecular flexibility index (Phi) is 6.41. The summed E-state index contributed by atoms with van der Waals surface area (Å²) in [7, 11) is 0. The molecule has 7 heteroatoms. The lowest BCUT2D eigenvalue weighted by molar-refractivity contribution is -0.385. The number of carbonyl (C=O) groups is 1. The maximum Gasteiger partial charge on any atom is 0.311 e. The summed E-state index contributed by atoms with van der Waals surface area (Å²) in [6.07, 6.45) is 4.95. The lowest BCUT2D eigenvalue weighted by Crippen LogP contribution is -2.24. The minimum atomic E-state index is -0.549. The first-order valence-electron chi connectivity index (χ1n) is 7.48. The minimum Gasteiger partial charge on any atom is -0.477 e. The van der Waals surface area contributed by atoms with Gasteiger partial charge in [0.25, 0.3) is 5.91 Å². The highest BCUT2D eigenvalue weighted by molar-refractivity contribution is 5.82. The Morgan fingerprint density at radius 3 is 2.76 bits per heavy atom. The maximum absolute atomic E-state index is 11.7. The zero-order valence-corrected chi connectivity index (χ0v) is 13.6. The molecule has 1 amide bonds. The Hall–Kier alpha value is -3.48. The van der Waals surface area contributed by atoms with Crippen LogP contribution in [0.1, 0.15) is 11.1 Å². The molecule has 0 aromatic heterocycles. The third kappa shape index (κ3) is 5.91. The van der Waals surface area contributed by atoms with Crippen LogP contribution < -0.4 is 10.2 Å². The van der Waals surface area contributed by atoms with Gasteiger partial charge < -0.3 is 4.74 Å². The molecule has 2 aromatic carbocycles. The summed E-state index contributed by atoms with van der Waals surface area (Å²) in [5.74, 6) is -0.474. The number of nitro benzene ring substituents is 1. The third-order valence-electron chi connectivity index (χ3n) is 3.11. The van der Waals surface area contributed by atoms with E-state index in [0.717, 1.165) is 11.1 Å². The quantitative estimate of drug-likeness (QED) is 0.476. The molecule has 25 heavy (non-hydrogen) atoms. The molecular formula is C18H17N3O4. The monoisotopic (exact) mass is 339 g/mol. The number of rotatable bonds is 7. The van der Waals surface area contributed by atoms with Crippen LogP contribution in [0.4, 0.5) is 5.69 Å². The molecule has 0 aliphatic rings. The van der Waals surface area contributed by atoms with E-state index in [1.165, 1.54) is 18.3 Å². The van der Waals surface area contributed by atoms with E-state index in [1.54, 1.807) is 19.1 Å². The first-order valence-corrected chi connectivity index (χ1v) is 7.48. The summed E-state index contributed by atoms with van der Waals surface area (Å²) >= 11 is 0. The first kappa shape index (κ1) is 17.9. The molecule has 0 atom stereocenters. The van der Waals surface area contributed by atoms with Crippen molar-refractivity contribution in [3.63, 3.8) is 0 Å². The van der Waals surface area contributed by atoms with Crippen LogP contribution in [0, 0.1) is 17.0 Å². The van der Waals surface area contributed by atoms with Gasteiger partial charge in [0.1, 0.15) is 0 Å².